The molecule has 0 aliphatic carbocycles. The molecule has 1 aromatic carbocycles. The second-order valence-electron chi connectivity index (χ2n) is 13.9. The van der Waals surface area contributed by atoms with Crippen LogP contribution in [0.4, 0.5) is 5.82 Å². The summed E-state index contributed by atoms with van der Waals surface area (Å²) in [6, 6.07) is 3.27. The van der Waals surface area contributed by atoms with E-state index in [2.05, 4.69) is 52.1 Å². The summed E-state index contributed by atoms with van der Waals surface area (Å²) in [7, 11) is -4.46. The molecule has 1 aliphatic rings. The first-order chi connectivity index (χ1) is 28.3. The average Bonchev–Trinajstić information content (AvgIpc) is 3.18. The predicted octanol–water partition coefficient (Wildman–Crippen LogP) is -1.23. The van der Waals surface area contributed by atoms with Crippen LogP contribution in [0.5, 0.6) is 0 Å². The number of carbonyl (C=O) groups is 7. The van der Waals surface area contributed by atoms with Crippen molar-refractivity contribution in [1.29, 1.82) is 0 Å². The van der Waals surface area contributed by atoms with Crippen LogP contribution in [0.25, 0.3) is 0 Å². The van der Waals surface area contributed by atoms with Gasteiger partial charge in [-0.3, -0.25) is 43.1 Å². The number of benzene rings is 1. The molecule has 1 fully saturated rings. The number of pyridine rings is 1. The molecule has 24 heteroatoms. The van der Waals surface area contributed by atoms with Gasteiger partial charge in [0.05, 0.1) is 30.0 Å². The number of unbranched alkanes of at least 4 members (excludes halogenated alkanes) is 1. The van der Waals surface area contributed by atoms with Crippen LogP contribution in [0.2, 0.25) is 0 Å². The van der Waals surface area contributed by atoms with Gasteiger partial charge in [-0.2, -0.15) is 13.5 Å². The molecule has 0 bridgehead atoms. The molecule has 23 nitrogen and oxygen atoms in total. The van der Waals surface area contributed by atoms with E-state index in [4.69, 9.17) is 11.5 Å². The van der Waals surface area contributed by atoms with Crippen molar-refractivity contribution in [2.24, 2.45) is 32.6 Å². The maximum Gasteiger partial charge on any atom is 0.305 e. The molecule has 1 saturated heterocycles. The highest BCUT2D eigenvalue weighted by molar-refractivity contribution is 7.85. The molecule has 6 amide bonds. The number of aliphatic imine (C=N–C) groups is 1. The Hall–Kier alpha value is -6.56. The summed E-state index contributed by atoms with van der Waals surface area (Å²) in [4.78, 5) is 98.4. The minimum absolute atomic E-state index is 0.0307. The predicted molar refractivity (Wildman–Crippen MR) is 213 cm³/mol. The second-order valence-corrected chi connectivity index (χ2v) is 15.3. The van der Waals surface area contributed by atoms with E-state index in [-0.39, 0.29) is 73.1 Å². The maximum absolute atomic E-state index is 13.7. The first-order valence-electron chi connectivity index (χ1n) is 18.8. The number of carboxylic acids is 1. The zero-order chi connectivity index (χ0) is 44.4. The smallest absolute Gasteiger partial charge is 0.305 e. The van der Waals surface area contributed by atoms with E-state index in [1.165, 1.54) is 36.5 Å². The molecule has 0 unspecified atom stereocenters. The van der Waals surface area contributed by atoms with E-state index >= 15 is 0 Å². The lowest BCUT2D eigenvalue weighted by molar-refractivity contribution is -0.141. The van der Waals surface area contributed by atoms with Crippen LogP contribution in [0.15, 0.2) is 62.7 Å². The molecule has 0 saturated carbocycles. The third-order valence-electron chi connectivity index (χ3n) is 8.79. The Balaban J connectivity index is 1.68. The average molecular weight is 859 g/mol. The van der Waals surface area contributed by atoms with Gasteiger partial charge >= 0.3 is 5.97 Å². The summed E-state index contributed by atoms with van der Waals surface area (Å²) in [5.41, 5.74) is 11.1. The number of nitrogens with one attached hydrogen (secondary N) is 6. The zero-order valence-corrected chi connectivity index (χ0v) is 33.7. The Morgan fingerprint density at radius 1 is 0.883 bits per heavy atom. The van der Waals surface area contributed by atoms with Gasteiger partial charge in [0.25, 0.3) is 16.0 Å². The molecule has 326 valence electrons. The number of guanidine groups is 1. The van der Waals surface area contributed by atoms with Crippen molar-refractivity contribution in [2.45, 2.75) is 88.0 Å². The molecular weight excluding hydrogens is 809 g/mol. The number of aromatic nitrogens is 1. The Morgan fingerprint density at radius 2 is 1.55 bits per heavy atom. The summed E-state index contributed by atoms with van der Waals surface area (Å²) >= 11 is 0. The topological polar surface area (TPSA) is 368 Å². The van der Waals surface area contributed by atoms with Crippen LogP contribution in [-0.2, 0) is 45.4 Å². The van der Waals surface area contributed by atoms with Crippen molar-refractivity contribution in [3.05, 3.63) is 53.7 Å². The van der Waals surface area contributed by atoms with Gasteiger partial charge in [-0.15, -0.1) is 5.11 Å². The van der Waals surface area contributed by atoms with Crippen molar-refractivity contribution in [3.63, 3.8) is 0 Å². The molecule has 0 radical (unpaired) electrons. The first kappa shape index (κ1) is 47.8. The molecule has 2 aromatic rings. The van der Waals surface area contributed by atoms with Crippen molar-refractivity contribution in [1.82, 2.24) is 36.9 Å². The Kier molecular flexibility index (Phi) is 18.4. The van der Waals surface area contributed by atoms with Crippen LogP contribution in [-0.4, -0.2) is 114 Å². The highest BCUT2D eigenvalue weighted by Crippen LogP contribution is 2.18. The number of amides is 6. The fourth-order valence-corrected chi connectivity index (χ4v) is 6.43. The summed E-state index contributed by atoms with van der Waals surface area (Å²) in [6.45, 7) is 2.73. The van der Waals surface area contributed by atoms with Crippen LogP contribution in [0, 0.1) is 5.92 Å². The largest absolute Gasteiger partial charge is 0.481 e. The molecular formula is C36H50N12O11S. The number of rotatable bonds is 17. The number of hydrogen-bond donors (Lipinski definition) is 10. The zero-order valence-electron chi connectivity index (χ0n) is 32.9. The lowest BCUT2D eigenvalue weighted by Crippen LogP contribution is -2.59. The Morgan fingerprint density at radius 3 is 2.20 bits per heavy atom. The number of carboxylic acid groups (broad SMARTS) is 1. The van der Waals surface area contributed by atoms with Gasteiger partial charge in [-0.1, -0.05) is 32.0 Å². The van der Waals surface area contributed by atoms with E-state index in [1.54, 1.807) is 19.9 Å². The van der Waals surface area contributed by atoms with Crippen LogP contribution in [0.3, 0.4) is 0 Å². The normalized spacial score (nSPS) is 19.5. The summed E-state index contributed by atoms with van der Waals surface area (Å²) in [5.74, 6) is -6.65. The number of carbonyl (C=O) groups excluding carboxylic acids is 6. The summed E-state index contributed by atoms with van der Waals surface area (Å²) < 4.78 is 32.6. The van der Waals surface area contributed by atoms with Crippen LogP contribution in [0.1, 0.15) is 68.3 Å². The quantitative estimate of drug-likeness (QED) is 0.0293. The van der Waals surface area contributed by atoms with Gasteiger partial charge in [0.2, 0.25) is 29.5 Å². The van der Waals surface area contributed by atoms with Crippen molar-refractivity contribution in [2.75, 3.05) is 19.6 Å². The molecule has 60 heavy (non-hydrogen) atoms. The Bertz CT molecular complexity index is 2040. The molecule has 4 atom stereocenters. The Labute approximate surface area is 345 Å². The highest BCUT2D eigenvalue weighted by atomic mass is 32.2. The lowest BCUT2D eigenvalue weighted by Gasteiger charge is -2.27. The van der Waals surface area contributed by atoms with Gasteiger partial charge in [-0.25, -0.2) is 4.98 Å². The van der Waals surface area contributed by atoms with E-state index < -0.39 is 94.6 Å². The lowest BCUT2D eigenvalue weighted by atomic mass is 10.0. The molecule has 1 aromatic heterocycles. The summed E-state index contributed by atoms with van der Waals surface area (Å²) in [5, 5.41) is 32.4. The third kappa shape index (κ3) is 16.0. The number of hydrogen-bond acceptors (Lipinski definition) is 13. The maximum atomic E-state index is 13.7. The molecule has 3 rings (SSSR count). The molecule has 2 heterocycles. The van der Waals surface area contributed by atoms with Crippen LogP contribution < -0.4 is 43.4 Å². The number of nitrogens with two attached hydrogens (primary N) is 2. The van der Waals surface area contributed by atoms with E-state index in [1.807, 2.05) is 0 Å². The standard InChI is InChI=1S/C36H50N12O11S/c1-20(2)30-35(56)46-23(10-7-15-40-36(37)38)32(53)42-19-28(49)44-25(16-29(50)51)34(55)45-24(33(54)47-30)9-5-6-14-39-31(52)22-12-13-27(41-17-22)48-43-18-21-8-3-4-11-26(21)60(57,58)59/h3-4,8,11-13,17,20,23-25,30H,5-7,9-10,14-16,18-19H2,1-2H3,(H,39,52)(H,42,53)(H,44,49)(H,45,55)(H,46,56)(H,47,54)(H,50,51)(H4,37,38,40)(H,57,58,59)/t23-,24-,25-,30+/m0/s1. The minimum atomic E-state index is -4.46. The summed E-state index contributed by atoms with van der Waals surface area (Å²) in [6.07, 6.45) is 1.21. The van der Waals surface area contributed by atoms with Gasteiger partial charge < -0.3 is 48.5 Å². The molecule has 12 N–H and O–H groups in total. The fourth-order valence-electron chi connectivity index (χ4n) is 5.71. The van der Waals surface area contributed by atoms with E-state index in [9.17, 15) is 51.6 Å². The van der Waals surface area contributed by atoms with E-state index in [0.29, 0.717) is 6.42 Å². The molecule has 1 aliphatic heterocycles. The highest BCUT2D eigenvalue weighted by Gasteiger charge is 2.34. The minimum Gasteiger partial charge on any atom is -0.481 e. The van der Waals surface area contributed by atoms with E-state index in [0.717, 1.165) is 0 Å². The first-order valence-corrected chi connectivity index (χ1v) is 20.2. The van der Waals surface area contributed by atoms with Gasteiger partial charge in [0.15, 0.2) is 11.8 Å². The number of azo groups is 1. The van der Waals surface area contributed by atoms with Gasteiger partial charge in [0, 0.05) is 19.3 Å². The number of aliphatic carboxylic acids is 1. The molecule has 0 spiro atoms. The van der Waals surface area contributed by atoms with Crippen molar-refractivity contribution >= 4 is 63.3 Å². The monoisotopic (exact) mass is 858 g/mol. The van der Waals surface area contributed by atoms with Crippen LogP contribution >= 0.6 is 0 Å². The van der Waals surface area contributed by atoms with Gasteiger partial charge in [-0.05, 0) is 61.8 Å². The van der Waals surface area contributed by atoms with Gasteiger partial charge in [0.1, 0.15) is 24.2 Å². The second kappa shape index (κ2) is 23.1. The fraction of sp³-hybridized carbons (Fsp3) is 0.472. The van der Waals surface area contributed by atoms with Crippen molar-refractivity contribution < 1.29 is 51.6 Å². The SMILES string of the molecule is CC(C)[C@H]1NC(=O)[C@H](CCCCNC(=O)c2ccc(N=NCc3ccccc3S(=O)(=O)O)nc2)NC(=O)[C@H](CC(=O)O)NC(=O)CNC(=O)[C@H](CCCN=C(N)N)NC1=O. The van der Waals surface area contributed by atoms with Crippen molar-refractivity contribution in [3.8, 4) is 0 Å². The third-order valence-corrected chi connectivity index (χ3v) is 9.75. The number of nitrogens with zero attached hydrogens (tertiary/aromatic N) is 4.